The van der Waals surface area contributed by atoms with Gasteiger partial charge in [0.1, 0.15) is 0 Å². The maximum atomic E-state index is 10.5. The molecule has 0 radical (unpaired) electrons. The zero-order chi connectivity index (χ0) is 9.14. The highest BCUT2D eigenvalue weighted by molar-refractivity contribution is 8.00. The lowest BCUT2D eigenvalue weighted by atomic mass is 10.2. The summed E-state index contributed by atoms with van der Waals surface area (Å²) in [5.41, 5.74) is 0. The summed E-state index contributed by atoms with van der Waals surface area (Å²) in [6.07, 6.45) is 0. The fourth-order valence-electron chi connectivity index (χ4n) is 1.30. The van der Waals surface area contributed by atoms with Crippen LogP contribution in [0.2, 0.25) is 0 Å². The Balaban J connectivity index is 2.42. The Morgan fingerprint density at radius 3 is 2.50 bits per heavy atom. The predicted molar refractivity (Wildman–Crippen MR) is 50.6 cm³/mol. The second-order valence-electron chi connectivity index (χ2n) is 3.35. The van der Waals surface area contributed by atoms with Gasteiger partial charge in [0.2, 0.25) is 0 Å². The van der Waals surface area contributed by atoms with E-state index in [0.717, 1.165) is 11.5 Å². The third-order valence-corrected chi connectivity index (χ3v) is 3.31. The number of hydrogen-bond donors (Lipinski definition) is 1. The lowest BCUT2D eigenvalue weighted by molar-refractivity contribution is -0.139. The molecule has 3 nitrogen and oxygen atoms in total. The Kier molecular flexibility index (Phi) is 3.40. The summed E-state index contributed by atoms with van der Waals surface area (Å²) >= 11 is 1.88. The van der Waals surface area contributed by atoms with E-state index in [1.807, 2.05) is 25.6 Å². The molecular weight excluding hydrogens is 174 g/mol. The Bertz CT molecular complexity index is 168. The van der Waals surface area contributed by atoms with E-state index in [2.05, 4.69) is 4.90 Å². The van der Waals surface area contributed by atoms with Crippen LogP contribution < -0.4 is 0 Å². The molecule has 1 rings (SSSR count). The summed E-state index contributed by atoms with van der Waals surface area (Å²) in [4.78, 5) is 12.6. The van der Waals surface area contributed by atoms with Crippen molar-refractivity contribution in [1.29, 1.82) is 0 Å². The average Bonchev–Trinajstić information content (AvgIpc) is 1.80. The molecule has 70 valence electrons. The molecule has 0 atom stereocenters. The van der Waals surface area contributed by atoms with E-state index in [0.29, 0.717) is 12.1 Å². The van der Waals surface area contributed by atoms with E-state index in [1.165, 1.54) is 0 Å². The highest BCUT2D eigenvalue weighted by atomic mass is 32.2. The largest absolute Gasteiger partial charge is 0.480 e. The van der Waals surface area contributed by atoms with E-state index >= 15 is 0 Å². The minimum atomic E-state index is -0.722. The van der Waals surface area contributed by atoms with Crippen LogP contribution in [0.15, 0.2) is 0 Å². The predicted octanol–water partition coefficient (Wildman–Crippen LogP) is 0.897. The lowest BCUT2D eigenvalue weighted by Gasteiger charge is -2.38. The summed E-state index contributed by atoms with van der Waals surface area (Å²) in [6, 6.07) is 0.832. The molecule has 1 heterocycles. The number of hydrogen-bond acceptors (Lipinski definition) is 3. The second kappa shape index (κ2) is 4.14. The van der Waals surface area contributed by atoms with E-state index < -0.39 is 5.97 Å². The van der Waals surface area contributed by atoms with Gasteiger partial charge in [-0.1, -0.05) is 0 Å². The number of carbonyl (C=O) groups is 1. The normalized spacial score (nSPS) is 18.3. The standard InChI is InChI=1S/C8H15NO2S/c1-6(2)9(3-8(10)11)7-4-12-5-7/h6-7H,3-5H2,1-2H3,(H,10,11). The Hall–Kier alpha value is -0.220. The van der Waals surface area contributed by atoms with Gasteiger partial charge in [-0.25, -0.2) is 0 Å². The average molecular weight is 189 g/mol. The van der Waals surface area contributed by atoms with Gasteiger partial charge in [-0.3, -0.25) is 9.69 Å². The number of carboxylic acid groups (broad SMARTS) is 1. The van der Waals surface area contributed by atoms with E-state index in [9.17, 15) is 4.79 Å². The summed E-state index contributed by atoms with van der Waals surface area (Å²) in [7, 11) is 0. The second-order valence-corrected chi connectivity index (χ2v) is 4.43. The molecule has 0 bridgehead atoms. The molecule has 12 heavy (non-hydrogen) atoms. The zero-order valence-corrected chi connectivity index (χ0v) is 8.30. The van der Waals surface area contributed by atoms with Crippen molar-refractivity contribution in [3.63, 3.8) is 0 Å². The SMILES string of the molecule is CC(C)N(CC(=O)O)C1CSC1. The monoisotopic (exact) mass is 189 g/mol. The summed E-state index contributed by atoms with van der Waals surface area (Å²) in [5, 5.41) is 8.65. The van der Waals surface area contributed by atoms with Crippen molar-refractivity contribution in [2.24, 2.45) is 0 Å². The van der Waals surface area contributed by atoms with Crippen LogP contribution in [0.25, 0.3) is 0 Å². The van der Waals surface area contributed by atoms with Crippen molar-refractivity contribution in [1.82, 2.24) is 4.90 Å². The van der Waals surface area contributed by atoms with Crippen LogP contribution in [0.1, 0.15) is 13.8 Å². The van der Waals surface area contributed by atoms with Gasteiger partial charge in [0.25, 0.3) is 0 Å². The van der Waals surface area contributed by atoms with Gasteiger partial charge >= 0.3 is 5.97 Å². The number of aliphatic carboxylic acids is 1. The molecular formula is C8H15NO2S. The first-order chi connectivity index (χ1) is 5.61. The van der Waals surface area contributed by atoms with Crippen molar-refractivity contribution >= 4 is 17.7 Å². The van der Waals surface area contributed by atoms with E-state index in [-0.39, 0.29) is 6.54 Å². The van der Waals surface area contributed by atoms with Crippen LogP contribution in [0.4, 0.5) is 0 Å². The van der Waals surface area contributed by atoms with Gasteiger partial charge in [-0.05, 0) is 13.8 Å². The molecule has 1 aliphatic rings. The van der Waals surface area contributed by atoms with Gasteiger partial charge in [0, 0.05) is 23.6 Å². The zero-order valence-electron chi connectivity index (χ0n) is 7.49. The smallest absolute Gasteiger partial charge is 0.317 e. The van der Waals surface area contributed by atoms with Gasteiger partial charge < -0.3 is 5.11 Å². The minimum absolute atomic E-state index is 0.183. The first kappa shape index (κ1) is 9.86. The molecule has 0 unspecified atom stereocenters. The number of thioether (sulfide) groups is 1. The highest BCUT2D eigenvalue weighted by Gasteiger charge is 2.28. The summed E-state index contributed by atoms with van der Waals surface area (Å²) < 4.78 is 0. The van der Waals surface area contributed by atoms with Crippen molar-refractivity contribution in [2.45, 2.75) is 25.9 Å². The van der Waals surface area contributed by atoms with Crippen molar-refractivity contribution in [3.8, 4) is 0 Å². The van der Waals surface area contributed by atoms with E-state index in [1.54, 1.807) is 0 Å². The molecule has 0 aromatic heterocycles. The molecule has 1 N–H and O–H groups in total. The molecule has 0 amide bonds. The Labute approximate surface area is 77.1 Å². The minimum Gasteiger partial charge on any atom is -0.480 e. The molecule has 0 aromatic rings. The van der Waals surface area contributed by atoms with Crippen LogP contribution in [0.3, 0.4) is 0 Å². The number of carboxylic acids is 1. The molecule has 0 aliphatic carbocycles. The van der Waals surface area contributed by atoms with Gasteiger partial charge in [-0.15, -0.1) is 0 Å². The summed E-state index contributed by atoms with van der Waals surface area (Å²) in [5.74, 6) is 1.46. The van der Waals surface area contributed by atoms with Crippen molar-refractivity contribution < 1.29 is 9.90 Å². The maximum Gasteiger partial charge on any atom is 0.317 e. The van der Waals surface area contributed by atoms with Crippen LogP contribution in [0.5, 0.6) is 0 Å². The van der Waals surface area contributed by atoms with Crippen molar-refractivity contribution in [2.75, 3.05) is 18.1 Å². The van der Waals surface area contributed by atoms with Crippen LogP contribution in [-0.4, -0.2) is 46.1 Å². The Morgan fingerprint density at radius 1 is 1.67 bits per heavy atom. The van der Waals surface area contributed by atoms with Gasteiger partial charge in [-0.2, -0.15) is 11.8 Å². The topological polar surface area (TPSA) is 40.5 Å². The number of nitrogens with zero attached hydrogens (tertiary/aromatic N) is 1. The lowest BCUT2D eigenvalue weighted by Crippen LogP contribution is -2.50. The van der Waals surface area contributed by atoms with E-state index in [4.69, 9.17) is 5.11 Å². The molecule has 1 saturated heterocycles. The van der Waals surface area contributed by atoms with Crippen LogP contribution in [-0.2, 0) is 4.79 Å². The maximum absolute atomic E-state index is 10.5. The van der Waals surface area contributed by atoms with Crippen LogP contribution in [0, 0.1) is 0 Å². The molecule has 0 saturated carbocycles. The highest BCUT2D eigenvalue weighted by Crippen LogP contribution is 2.24. The third kappa shape index (κ3) is 2.38. The Morgan fingerprint density at radius 2 is 2.25 bits per heavy atom. The van der Waals surface area contributed by atoms with Crippen LogP contribution >= 0.6 is 11.8 Å². The molecule has 0 aromatic carbocycles. The molecule has 1 aliphatic heterocycles. The first-order valence-corrected chi connectivity index (χ1v) is 5.32. The van der Waals surface area contributed by atoms with Gasteiger partial charge in [0.15, 0.2) is 0 Å². The van der Waals surface area contributed by atoms with Gasteiger partial charge in [0.05, 0.1) is 6.54 Å². The summed E-state index contributed by atoms with van der Waals surface area (Å²) in [6.45, 7) is 4.28. The quantitative estimate of drug-likeness (QED) is 0.713. The molecule has 0 spiro atoms. The fraction of sp³-hybridized carbons (Fsp3) is 0.875. The molecule has 1 fully saturated rings. The third-order valence-electron chi connectivity index (χ3n) is 2.07. The fourth-order valence-corrected chi connectivity index (χ4v) is 2.13. The molecule has 4 heteroatoms. The number of rotatable bonds is 4. The van der Waals surface area contributed by atoms with Crippen molar-refractivity contribution in [3.05, 3.63) is 0 Å². The first-order valence-electron chi connectivity index (χ1n) is 4.16.